The van der Waals surface area contributed by atoms with Gasteiger partial charge >= 0.3 is 0 Å². The van der Waals surface area contributed by atoms with Gasteiger partial charge < -0.3 is 5.32 Å². The third kappa shape index (κ3) is 4.98. The van der Waals surface area contributed by atoms with Crippen molar-refractivity contribution in [2.45, 2.75) is 30.7 Å². The first-order valence-electron chi connectivity index (χ1n) is 12.8. The summed E-state index contributed by atoms with van der Waals surface area (Å²) in [6.07, 6.45) is 4.16. The summed E-state index contributed by atoms with van der Waals surface area (Å²) in [4.78, 5) is 31.5. The zero-order valence-electron chi connectivity index (χ0n) is 21.0. The van der Waals surface area contributed by atoms with Crippen molar-refractivity contribution < 1.29 is 13.2 Å². The minimum Gasteiger partial charge on any atom is -0.325 e. The number of benzene rings is 3. The van der Waals surface area contributed by atoms with Crippen LogP contribution in [0.5, 0.6) is 0 Å². The maximum atomic E-state index is 13.4. The summed E-state index contributed by atoms with van der Waals surface area (Å²) in [6, 6.07) is 20.2. The molecule has 6 rings (SSSR count). The molecule has 0 radical (unpaired) electrons. The lowest BCUT2D eigenvalue weighted by atomic mass is 10.0. The average molecular weight is 559 g/mol. The topological polar surface area (TPSA) is 101 Å². The molecule has 0 aliphatic carbocycles. The molecule has 8 nitrogen and oxygen atoms in total. The van der Waals surface area contributed by atoms with Crippen LogP contribution in [0.1, 0.15) is 19.3 Å². The highest BCUT2D eigenvalue weighted by atomic mass is 32.2. The van der Waals surface area contributed by atoms with E-state index >= 15 is 0 Å². The lowest BCUT2D eigenvalue weighted by Gasteiger charge is -2.25. The predicted molar refractivity (Wildman–Crippen MR) is 155 cm³/mol. The standard InChI is InChI=1S/C29H26N4O4S2/c34-26(31-23-10-12-24(13-11-23)39(36,37)33-14-4-1-5-15-33)17-32-19-30-28-27(29(32)35)25(18-38-28)22-9-8-20-6-2-3-7-21(20)16-22/h2-3,6-13,16,18-19H,1,4-5,14-15,17H2,(H,31,34). The quantitative estimate of drug-likeness (QED) is 0.313. The normalized spacial score (nSPS) is 14.6. The van der Waals surface area contributed by atoms with Crippen LogP contribution in [-0.2, 0) is 21.4 Å². The van der Waals surface area contributed by atoms with Crippen LogP contribution in [0.2, 0.25) is 0 Å². The van der Waals surface area contributed by atoms with Gasteiger partial charge in [0.2, 0.25) is 15.9 Å². The minimum absolute atomic E-state index is 0.201. The van der Waals surface area contributed by atoms with Crippen molar-refractivity contribution in [3.63, 3.8) is 0 Å². The zero-order valence-corrected chi connectivity index (χ0v) is 22.7. The van der Waals surface area contributed by atoms with Gasteiger partial charge in [0, 0.05) is 29.7 Å². The number of hydrogen-bond acceptors (Lipinski definition) is 6. The van der Waals surface area contributed by atoms with Crippen LogP contribution in [0, 0.1) is 0 Å². The van der Waals surface area contributed by atoms with Crippen molar-refractivity contribution >= 4 is 53.9 Å². The number of amides is 1. The highest BCUT2D eigenvalue weighted by molar-refractivity contribution is 7.89. The van der Waals surface area contributed by atoms with Crippen molar-refractivity contribution in [2.75, 3.05) is 18.4 Å². The number of anilines is 1. The van der Waals surface area contributed by atoms with Gasteiger partial charge in [0.1, 0.15) is 11.4 Å². The van der Waals surface area contributed by atoms with Crippen molar-refractivity contribution in [1.29, 1.82) is 0 Å². The van der Waals surface area contributed by atoms with Gasteiger partial charge in [0.25, 0.3) is 5.56 Å². The van der Waals surface area contributed by atoms with E-state index < -0.39 is 15.9 Å². The second-order valence-electron chi connectivity index (χ2n) is 9.61. The second-order valence-corrected chi connectivity index (χ2v) is 12.4. The summed E-state index contributed by atoms with van der Waals surface area (Å²) in [5, 5.41) is 7.35. The summed E-state index contributed by atoms with van der Waals surface area (Å²) in [6.45, 7) is 0.837. The Labute approximate surface area is 229 Å². The van der Waals surface area contributed by atoms with E-state index in [1.807, 2.05) is 41.8 Å². The molecular formula is C29H26N4O4S2. The van der Waals surface area contributed by atoms with Gasteiger partial charge in [-0.15, -0.1) is 11.3 Å². The molecule has 0 spiro atoms. The molecule has 3 aromatic carbocycles. The molecule has 1 N–H and O–H groups in total. The summed E-state index contributed by atoms with van der Waals surface area (Å²) in [5.41, 5.74) is 1.87. The molecule has 1 aliphatic heterocycles. The minimum atomic E-state index is -3.55. The number of piperidine rings is 1. The van der Waals surface area contributed by atoms with Gasteiger partial charge in [-0.2, -0.15) is 4.31 Å². The van der Waals surface area contributed by atoms with Crippen LogP contribution in [-0.4, -0.2) is 41.3 Å². The molecular weight excluding hydrogens is 532 g/mol. The summed E-state index contributed by atoms with van der Waals surface area (Å²) >= 11 is 1.39. The second kappa shape index (κ2) is 10.4. The monoisotopic (exact) mass is 558 g/mol. The molecule has 0 bridgehead atoms. The Morgan fingerprint density at radius 1 is 0.949 bits per heavy atom. The van der Waals surface area contributed by atoms with E-state index in [-0.39, 0.29) is 17.0 Å². The molecule has 1 aliphatic rings. The largest absolute Gasteiger partial charge is 0.325 e. The Morgan fingerprint density at radius 3 is 2.46 bits per heavy atom. The zero-order chi connectivity index (χ0) is 27.0. The fraction of sp³-hybridized carbons (Fsp3) is 0.207. The summed E-state index contributed by atoms with van der Waals surface area (Å²) in [5.74, 6) is -0.410. The van der Waals surface area contributed by atoms with Crippen LogP contribution < -0.4 is 10.9 Å². The van der Waals surface area contributed by atoms with Gasteiger partial charge in [-0.1, -0.05) is 42.8 Å². The van der Waals surface area contributed by atoms with Crippen LogP contribution in [0.4, 0.5) is 5.69 Å². The number of thiophene rings is 1. The molecule has 0 saturated carbocycles. The van der Waals surface area contributed by atoms with Crippen LogP contribution in [0.3, 0.4) is 0 Å². The molecule has 10 heteroatoms. The van der Waals surface area contributed by atoms with Crippen molar-refractivity contribution in [3.05, 3.63) is 88.8 Å². The first-order valence-corrected chi connectivity index (χ1v) is 15.1. The first-order chi connectivity index (χ1) is 18.9. The number of nitrogens with zero attached hydrogens (tertiary/aromatic N) is 3. The number of fused-ring (bicyclic) bond motifs is 2. The third-order valence-electron chi connectivity index (χ3n) is 7.03. The number of aromatic nitrogens is 2. The summed E-state index contributed by atoms with van der Waals surface area (Å²) in [7, 11) is -3.55. The van der Waals surface area contributed by atoms with Crippen molar-refractivity contribution in [2.24, 2.45) is 0 Å². The van der Waals surface area contributed by atoms with E-state index in [9.17, 15) is 18.0 Å². The Kier molecular flexibility index (Phi) is 6.76. The smallest absolute Gasteiger partial charge is 0.263 e. The van der Waals surface area contributed by atoms with E-state index in [1.165, 1.54) is 38.7 Å². The van der Waals surface area contributed by atoms with Crippen LogP contribution >= 0.6 is 11.3 Å². The number of carbonyl (C=O) groups excluding carboxylic acids is 1. The molecule has 1 amide bonds. The molecule has 3 heterocycles. The van der Waals surface area contributed by atoms with Gasteiger partial charge in [0.05, 0.1) is 16.6 Å². The van der Waals surface area contributed by atoms with Crippen LogP contribution in [0.25, 0.3) is 32.1 Å². The Bertz CT molecular complexity index is 1850. The lowest BCUT2D eigenvalue weighted by Crippen LogP contribution is -2.35. The number of hydrogen-bond donors (Lipinski definition) is 1. The van der Waals surface area contributed by atoms with E-state index in [0.29, 0.717) is 29.0 Å². The molecule has 198 valence electrons. The van der Waals surface area contributed by atoms with Gasteiger partial charge in [0.15, 0.2) is 0 Å². The maximum absolute atomic E-state index is 13.4. The highest BCUT2D eigenvalue weighted by Gasteiger charge is 2.25. The molecule has 2 aromatic heterocycles. The third-order valence-corrected chi connectivity index (χ3v) is 9.83. The van der Waals surface area contributed by atoms with Gasteiger partial charge in [-0.3, -0.25) is 14.2 Å². The number of sulfonamides is 1. The Morgan fingerprint density at radius 2 is 1.69 bits per heavy atom. The highest BCUT2D eigenvalue weighted by Crippen LogP contribution is 2.32. The maximum Gasteiger partial charge on any atom is 0.263 e. The van der Waals surface area contributed by atoms with Gasteiger partial charge in [-0.05, 0) is 59.5 Å². The molecule has 0 unspecified atom stereocenters. The SMILES string of the molecule is O=C(Cn1cnc2scc(-c3ccc4ccccc4c3)c2c1=O)Nc1ccc(S(=O)(=O)N2CCCCC2)cc1. The Balaban J connectivity index is 1.21. The lowest BCUT2D eigenvalue weighted by molar-refractivity contribution is -0.116. The summed E-state index contributed by atoms with van der Waals surface area (Å²) < 4.78 is 28.6. The molecule has 1 saturated heterocycles. The van der Waals surface area contributed by atoms with Crippen LogP contribution in [0.15, 0.2) is 88.1 Å². The Hall–Kier alpha value is -3.86. The average Bonchev–Trinajstić information content (AvgIpc) is 3.40. The van der Waals surface area contributed by atoms with E-state index in [4.69, 9.17) is 0 Å². The molecule has 5 aromatic rings. The van der Waals surface area contributed by atoms with E-state index in [1.54, 1.807) is 12.1 Å². The van der Waals surface area contributed by atoms with Gasteiger partial charge in [-0.25, -0.2) is 13.4 Å². The molecule has 39 heavy (non-hydrogen) atoms. The van der Waals surface area contributed by atoms with E-state index in [2.05, 4.69) is 16.4 Å². The number of nitrogens with one attached hydrogen (secondary N) is 1. The number of carbonyl (C=O) groups is 1. The molecule has 0 atom stereocenters. The first kappa shape index (κ1) is 25.4. The predicted octanol–water partition coefficient (Wildman–Crippen LogP) is 5.09. The number of rotatable bonds is 6. The van der Waals surface area contributed by atoms with Crippen molar-refractivity contribution in [3.8, 4) is 11.1 Å². The molecule has 1 fully saturated rings. The fourth-order valence-electron chi connectivity index (χ4n) is 4.97. The van der Waals surface area contributed by atoms with Crippen molar-refractivity contribution in [1.82, 2.24) is 13.9 Å². The van der Waals surface area contributed by atoms with E-state index in [0.717, 1.165) is 41.2 Å². The fourth-order valence-corrected chi connectivity index (χ4v) is 7.39.